The molecular weight excluding hydrogens is 214 g/mol. The molecule has 1 unspecified atom stereocenters. The van der Waals surface area contributed by atoms with E-state index in [1.165, 1.54) is 6.26 Å². The summed E-state index contributed by atoms with van der Waals surface area (Å²) in [5.41, 5.74) is -0.884. The molecule has 0 heterocycles. The fraction of sp³-hybridized carbons (Fsp3) is 0.800. The third kappa shape index (κ3) is 3.03. The van der Waals surface area contributed by atoms with E-state index in [0.717, 1.165) is 6.42 Å². The standard InChI is InChI=1S/C10H15NO3S/c1-15(13,14)7-3-6-10(8-11)5-2-4-9(10)12/h2-7H2,1H3. The van der Waals surface area contributed by atoms with Gasteiger partial charge in [-0.05, 0) is 25.7 Å². The van der Waals surface area contributed by atoms with Gasteiger partial charge in [0.15, 0.2) is 5.78 Å². The third-order valence-corrected chi connectivity index (χ3v) is 3.90. The molecule has 0 aromatic rings. The van der Waals surface area contributed by atoms with Gasteiger partial charge >= 0.3 is 0 Å². The summed E-state index contributed by atoms with van der Waals surface area (Å²) in [6.45, 7) is 0. The van der Waals surface area contributed by atoms with Crippen LogP contribution in [0.1, 0.15) is 32.1 Å². The SMILES string of the molecule is CS(=O)(=O)CCCC1(C#N)CCCC1=O. The van der Waals surface area contributed by atoms with Gasteiger partial charge in [0.2, 0.25) is 0 Å². The molecule has 1 saturated carbocycles. The van der Waals surface area contributed by atoms with Crippen LogP contribution >= 0.6 is 0 Å². The van der Waals surface area contributed by atoms with Crippen LogP contribution in [0.5, 0.6) is 0 Å². The van der Waals surface area contributed by atoms with E-state index in [9.17, 15) is 13.2 Å². The van der Waals surface area contributed by atoms with Gasteiger partial charge in [0.25, 0.3) is 0 Å². The van der Waals surface area contributed by atoms with E-state index < -0.39 is 15.3 Å². The maximum absolute atomic E-state index is 11.5. The summed E-state index contributed by atoms with van der Waals surface area (Å²) in [6.07, 6.45) is 3.76. The number of ketones is 1. The van der Waals surface area contributed by atoms with Gasteiger partial charge in [0.1, 0.15) is 15.3 Å². The maximum atomic E-state index is 11.5. The number of Topliss-reactive ketones (excluding diaryl/α,β-unsaturated/α-hetero) is 1. The quantitative estimate of drug-likeness (QED) is 0.722. The Morgan fingerprint density at radius 3 is 2.60 bits per heavy atom. The van der Waals surface area contributed by atoms with Gasteiger partial charge < -0.3 is 0 Å². The van der Waals surface area contributed by atoms with Crippen molar-refractivity contribution in [3.8, 4) is 6.07 Å². The van der Waals surface area contributed by atoms with E-state index in [-0.39, 0.29) is 11.5 Å². The average Bonchev–Trinajstić information content (AvgIpc) is 2.46. The summed E-state index contributed by atoms with van der Waals surface area (Å²) >= 11 is 0. The monoisotopic (exact) mass is 229 g/mol. The molecule has 15 heavy (non-hydrogen) atoms. The largest absolute Gasteiger partial charge is 0.298 e. The van der Waals surface area contributed by atoms with E-state index in [4.69, 9.17) is 5.26 Å². The molecule has 0 aliphatic heterocycles. The molecule has 0 spiro atoms. The lowest BCUT2D eigenvalue weighted by molar-refractivity contribution is -0.123. The van der Waals surface area contributed by atoms with Crippen LogP contribution in [0.25, 0.3) is 0 Å². The van der Waals surface area contributed by atoms with Gasteiger partial charge in [0.05, 0.1) is 6.07 Å². The molecule has 1 aliphatic carbocycles. The highest BCUT2D eigenvalue weighted by Crippen LogP contribution is 2.38. The second kappa shape index (κ2) is 4.31. The molecule has 0 aromatic heterocycles. The molecular formula is C10H15NO3S. The minimum atomic E-state index is -2.99. The Kier molecular flexibility index (Phi) is 3.50. The van der Waals surface area contributed by atoms with Crippen molar-refractivity contribution in [2.75, 3.05) is 12.0 Å². The number of carbonyl (C=O) groups is 1. The molecule has 0 N–H and O–H groups in total. The van der Waals surface area contributed by atoms with Gasteiger partial charge in [-0.1, -0.05) is 0 Å². The van der Waals surface area contributed by atoms with E-state index in [2.05, 4.69) is 6.07 Å². The highest BCUT2D eigenvalue weighted by molar-refractivity contribution is 7.90. The number of hydrogen-bond acceptors (Lipinski definition) is 4. The topological polar surface area (TPSA) is 75.0 Å². The number of hydrogen-bond donors (Lipinski definition) is 0. The van der Waals surface area contributed by atoms with Crippen LogP contribution in [-0.2, 0) is 14.6 Å². The van der Waals surface area contributed by atoms with Crippen LogP contribution in [0.4, 0.5) is 0 Å². The Morgan fingerprint density at radius 2 is 2.20 bits per heavy atom. The zero-order chi connectivity index (χ0) is 11.5. The molecule has 0 radical (unpaired) electrons. The van der Waals surface area contributed by atoms with Crippen LogP contribution < -0.4 is 0 Å². The second-order valence-electron chi connectivity index (χ2n) is 4.20. The van der Waals surface area contributed by atoms with Crippen molar-refractivity contribution >= 4 is 15.6 Å². The first kappa shape index (κ1) is 12.2. The Balaban J connectivity index is 2.56. The zero-order valence-corrected chi connectivity index (χ0v) is 9.64. The normalized spacial score (nSPS) is 26.5. The Hall–Kier alpha value is -0.890. The van der Waals surface area contributed by atoms with E-state index in [1.807, 2.05) is 0 Å². The molecule has 1 rings (SSSR count). The number of nitrogens with zero attached hydrogens (tertiary/aromatic N) is 1. The summed E-state index contributed by atoms with van der Waals surface area (Å²) < 4.78 is 21.8. The van der Waals surface area contributed by atoms with Crippen LogP contribution in [-0.4, -0.2) is 26.2 Å². The molecule has 0 amide bonds. The van der Waals surface area contributed by atoms with Crippen molar-refractivity contribution in [2.45, 2.75) is 32.1 Å². The van der Waals surface area contributed by atoms with Crippen molar-refractivity contribution in [3.63, 3.8) is 0 Å². The fourth-order valence-corrected chi connectivity index (χ4v) is 2.67. The molecule has 84 valence electrons. The van der Waals surface area contributed by atoms with Gasteiger partial charge in [-0.2, -0.15) is 5.26 Å². The van der Waals surface area contributed by atoms with Crippen molar-refractivity contribution < 1.29 is 13.2 Å². The molecule has 0 bridgehead atoms. The molecule has 1 atom stereocenters. The fourth-order valence-electron chi connectivity index (χ4n) is 2.00. The van der Waals surface area contributed by atoms with Gasteiger partial charge in [0, 0.05) is 18.4 Å². The predicted molar refractivity (Wildman–Crippen MR) is 55.8 cm³/mol. The summed E-state index contributed by atoms with van der Waals surface area (Å²) in [5.74, 6) is 0.0440. The molecule has 0 saturated heterocycles. The Bertz CT molecular complexity index is 393. The summed E-state index contributed by atoms with van der Waals surface area (Å²) in [4.78, 5) is 11.5. The summed E-state index contributed by atoms with van der Waals surface area (Å²) in [7, 11) is -2.99. The first-order valence-electron chi connectivity index (χ1n) is 5.02. The first-order chi connectivity index (χ1) is 6.90. The number of sulfone groups is 1. The highest BCUT2D eigenvalue weighted by Gasteiger charge is 2.41. The molecule has 4 nitrogen and oxygen atoms in total. The van der Waals surface area contributed by atoms with Crippen molar-refractivity contribution in [1.82, 2.24) is 0 Å². The molecule has 1 fully saturated rings. The minimum Gasteiger partial charge on any atom is -0.298 e. The first-order valence-corrected chi connectivity index (χ1v) is 7.08. The van der Waals surface area contributed by atoms with Crippen molar-refractivity contribution in [1.29, 1.82) is 5.26 Å². The van der Waals surface area contributed by atoms with Crippen LogP contribution in [0.15, 0.2) is 0 Å². The van der Waals surface area contributed by atoms with Gasteiger partial charge in [-0.25, -0.2) is 8.42 Å². The smallest absolute Gasteiger partial charge is 0.153 e. The molecule has 0 aromatic carbocycles. The highest BCUT2D eigenvalue weighted by atomic mass is 32.2. The maximum Gasteiger partial charge on any atom is 0.153 e. The number of rotatable bonds is 4. The van der Waals surface area contributed by atoms with Crippen LogP contribution in [0.3, 0.4) is 0 Å². The summed E-state index contributed by atoms with van der Waals surface area (Å²) in [5, 5.41) is 9.00. The van der Waals surface area contributed by atoms with Crippen LogP contribution in [0.2, 0.25) is 0 Å². The van der Waals surface area contributed by atoms with Crippen molar-refractivity contribution in [2.24, 2.45) is 5.41 Å². The van der Waals surface area contributed by atoms with E-state index in [1.54, 1.807) is 0 Å². The minimum absolute atomic E-state index is 0.0153. The van der Waals surface area contributed by atoms with Crippen molar-refractivity contribution in [3.05, 3.63) is 0 Å². The average molecular weight is 229 g/mol. The van der Waals surface area contributed by atoms with E-state index >= 15 is 0 Å². The second-order valence-corrected chi connectivity index (χ2v) is 6.46. The van der Waals surface area contributed by atoms with E-state index in [0.29, 0.717) is 25.7 Å². The number of nitriles is 1. The lowest BCUT2D eigenvalue weighted by Gasteiger charge is -2.17. The summed E-state index contributed by atoms with van der Waals surface area (Å²) in [6, 6.07) is 2.07. The number of carbonyl (C=O) groups excluding carboxylic acids is 1. The molecule has 1 aliphatic rings. The zero-order valence-electron chi connectivity index (χ0n) is 8.82. The van der Waals surface area contributed by atoms with Gasteiger partial charge in [-0.15, -0.1) is 0 Å². The lowest BCUT2D eigenvalue weighted by atomic mass is 9.82. The Labute approximate surface area is 90.2 Å². The third-order valence-electron chi connectivity index (χ3n) is 2.87. The van der Waals surface area contributed by atoms with Crippen LogP contribution in [0, 0.1) is 16.7 Å². The predicted octanol–water partition coefficient (Wildman–Crippen LogP) is 1.07. The Morgan fingerprint density at radius 1 is 1.53 bits per heavy atom. The molecule has 5 heteroatoms. The van der Waals surface area contributed by atoms with Gasteiger partial charge in [-0.3, -0.25) is 4.79 Å². The lowest BCUT2D eigenvalue weighted by Crippen LogP contribution is -2.24.